The highest BCUT2D eigenvalue weighted by molar-refractivity contribution is 5.90. The molecule has 9 nitrogen and oxygen atoms in total. The molecule has 0 bridgehead atoms. The lowest BCUT2D eigenvalue weighted by atomic mass is 10.1. The van der Waals surface area contributed by atoms with Gasteiger partial charge in [0.05, 0.1) is 6.54 Å². The topological polar surface area (TPSA) is 94.4 Å². The van der Waals surface area contributed by atoms with Gasteiger partial charge in [-0.25, -0.2) is 4.98 Å². The van der Waals surface area contributed by atoms with E-state index in [1.807, 2.05) is 23.6 Å². The van der Waals surface area contributed by atoms with Crippen LogP contribution in [0.15, 0.2) is 36.4 Å². The number of aromatic nitrogens is 4. The predicted octanol–water partition coefficient (Wildman–Crippen LogP) is 1.87. The van der Waals surface area contributed by atoms with Crippen molar-refractivity contribution in [3.05, 3.63) is 64.9 Å². The number of amides is 1. The number of rotatable bonds is 4. The summed E-state index contributed by atoms with van der Waals surface area (Å²) < 4.78 is 13.8. The first-order valence-corrected chi connectivity index (χ1v) is 10.3. The zero-order chi connectivity index (χ0) is 21.4. The second-order valence-corrected chi connectivity index (χ2v) is 7.80. The molecule has 2 aliphatic heterocycles. The molecule has 0 spiro atoms. The van der Waals surface area contributed by atoms with Gasteiger partial charge in [0.15, 0.2) is 11.9 Å². The first kappa shape index (κ1) is 19.5. The quantitative estimate of drug-likeness (QED) is 0.689. The summed E-state index contributed by atoms with van der Waals surface area (Å²) >= 11 is 0. The fraction of sp³-hybridized carbons (Fsp3) is 0.364. The summed E-state index contributed by atoms with van der Waals surface area (Å²) in [4.78, 5) is 18.6. The number of nitrogens with one attached hydrogen (secondary N) is 1. The summed E-state index contributed by atoms with van der Waals surface area (Å²) in [6.45, 7) is 5.39. The summed E-state index contributed by atoms with van der Waals surface area (Å²) in [5, 5.41) is 10.8. The number of ether oxygens (including phenoxy) is 2. The Labute approximate surface area is 180 Å². The van der Waals surface area contributed by atoms with Crippen molar-refractivity contribution >= 4 is 5.91 Å². The van der Waals surface area contributed by atoms with E-state index in [0.29, 0.717) is 37.2 Å². The van der Waals surface area contributed by atoms with E-state index in [0.717, 1.165) is 30.2 Å². The van der Waals surface area contributed by atoms with Gasteiger partial charge in [-0.1, -0.05) is 24.3 Å². The average molecular weight is 420 g/mol. The normalized spacial score (nSPS) is 17.8. The van der Waals surface area contributed by atoms with E-state index in [1.165, 1.54) is 5.56 Å². The number of carbonyl (C=O) groups is 1. The maximum atomic E-state index is 11.9. The molecule has 0 unspecified atom stereocenters. The van der Waals surface area contributed by atoms with Crippen LogP contribution in [0.5, 0.6) is 11.6 Å². The van der Waals surface area contributed by atoms with Crippen LogP contribution in [-0.4, -0.2) is 50.8 Å². The summed E-state index contributed by atoms with van der Waals surface area (Å²) in [6, 6.07) is 12.2. The fourth-order valence-corrected chi connectivity index (χ4v) is 3.93. The van der Waals surface area contributed by atoms with E-state index in [9.17, 15) is 4.79 Å². The maximum Gasteiger partial charge on any atom is 0.288 e. The van der Waals surface area contributed by atoms with Crippen molar-refractivity contribution in [2.75, 3.05) is 20.2 Å². The van der Waals surface area contributed by atoms with E-state index in [1.54, 1.807) is 7.05 Å². The molecular weight excluding hydrogens is 396 g/mol. The number of pyridine rings is 1. The van der Waals surface area contributed by atoms with Crippen LogP contribution < -0.4 is 14.8 Å². The second-order valence-electron chi connectivity index (χ2n) is 7.80. The van der Waals surface area contributed by atoms with Gasteiger partial charge in [-0.05, 0) is 30.2 Å². The minimum Gasteiger partial charge on any atom is -0.484 e. The van der Waals surface area contributed by atoms with Crippen molar-refractivity contribution < 1.29 is 14.3 Å². The van der Waals surface area contributed by atoms with Gasteiger partial charge < -0.3 is 19.4 Å². The van der Waals surface area contributed by atoms with Crippen LogP contribution in [0.1, 0.15) is 39.4 Å². The minimum absolute atomic E-state index is 0.174. The summed E-state index contributed by atoms with van der Waals surface area (Å²) in [6.07, 6.45) is -0.174. The molecule has 4 heterocycles. The van der Waals surface area contributed by atoms with Crippen LogP contribution in [0.3, 0.4) is 0 Å². The number of benzene rings is 1. The second kappa shape index (κ2) is 7.99. The fourth-order valence-electron chi connectivity index (χ4n) is 3.93. The van der Waals surface area contributed by atoms with Crippen LogP contribution in [0, 0.1) is 6.92 Å². The molecule has 160 valence electrons. The Morgan fingerprint density at radius 1 is 1.16 bits per heavy atom. The highest BCUT2D eigenvalue weighted by Gasteiger charge is 2.25. The SMILES string of the molecule is CNC(=O)c1nnc2n1CCN(Cc1ccc([C@H]3COc4ccc(C)nc4O3)cc1)C2. The number of nitrogens with zero attached hydrogens (tertiary/aromatic N) is 5. The Balaban J connectivity index is 1.23. The van der Waals surface area contributed by atoms with Crippen LogP contribution in [0.4, 0.5) is 0 Å². The third-order valence-corrected chi connectivity index (χ3v) is 5.63. The molecule has 1 atom stereocenters. The average Bonchev–Trinajstić information content (AvgIpc) is 3.22. The molecule has 0 aliphatic carbocycles. The largest absolute Gasteiger partial charge is 0.484 e. The Hall–Kier alpha value is -3.46. The summed E-state index contributed by atoms with van der Waals surface area (Å²) in [5.41, 5.74) is 3.17. The van der Waals surface area contributed by atoms with Gasteiger partial charge in [-0.2, -0.15) is 0 Å². The van der Waals surface area contributed by atoms with Crippen molar-refractivity contribution in [1.82, 2.24) is 30.0 Å². The van der Waals surface area contributed by atoms with Crippen LogP contribution in [0.2, 0.25) is 0 Å². The van der Waals surface area contributed by atoms with Crippen LogP contribution >= 0.6 is 0 Å². The van der Waals surface area contributed by atoms with Gasteiger partial charge in [-0.3, -0.25) is 9.69 Å². The molecule has 31 heavy (non-hydrogen) atoms. The van der Waals surface area contributed by atoms with E-state index in [-0.39, 0.29) is 12.0 Å². The zero-order valence-corrected chi connectivity index (χ0v) is 17.5. The molecule has 0 radical (unpaired) electrons. The van der Waals surface area contributed by atoms with Crippen molar-refractivity contribution in [2.45, 2.75) is 32.7 Å². The van der Waals surface area contributed by atoms with Crippen molar-refractivity contribution in [3.63, 3.8) is 0 Å². The van der Waals surface area contributed by atoms with E-state index in [2.05, 4.69) is 49.7 Å². The lowest BCUT2D eigenvalue weighted by Crippen LogP contribution is -2.35. The molecule has 0 fully saturated rings. The summed E-state index contributed by atoms with van der Waals surface area (Å²) in [7, 11) is 1.60. The van der Waals surface area contributed by atoms with Gasteiger partial charge in [0.1, 0.15) is 12.4 Å². The Morgan fingerprint density at radius 3 is 2.81 bits per heavy atom. The lowest BCUT2D eigenvalue weighted by molar-refractivity contribution is 0.0848. The molecule has 1 N–H and O–H groups in total. The van der Waals surface area contributed by atoms with Gasteiger partial charge in [0, 0.05) is 32.4 Å². The molecule has 2 aliphatic rings. The Morgan fingerprint density at radius 2 is 2.00 bits per heavy atom. The van der Waals surface area contributed by atoms with E-state index < -0.39 is 0 Å². The highest BCUT2D eigenvalue weighted by atomic mass is 16.6. The van der Waals surface area contributed by atoms with Gasteiger partial charge in [0.25, 0.3) is 11.8 Å². The smallest absolute Gasteiger partial charge is 0.288 e. The monoisotopic (exact) mass is 420 g/mol. The van der Waals surface area contributed by atoms with Crippen molar-refractivity contribution in [3.8, 4) is 11.6 Å². The molecule has 1 amide bonds. The standard InChI is InChI=1S/C22H24N6O3/c1-14-3-8-17-22(24-14)31-18(13-30-17)16-6-4-15(5-7-16)11-27-9-10-28-19(12-27)25-26-20(28)21(29)23-2/h3-8,18H,9-13H2,1-2H3,(H,23,29)/t18-/m1/s1. The number of fused-ring (bicyclic) bond motifs is 2. The predicted molar refractivity (Wildman–Crippen MR) is 112 cm³/mol. The Kier molecular flexibility index (Phi) is 5.03. The maximum absolute atomic E-state index is 11.9. The zero-order valence-electron chi connectivity index (χ0n) is 17.5. The van der Waals surface area contributed by atoms with Crippen molar-refractivity contribution in [2.24, 2.45) is 0 Å². The van der Waals surface area contributed by atoms with Crippen LogP contribution in [-0.2, 0) is 19.6 Å². The molecule has 5 rings (SSSR count). The van der Waals surface area contributed by atoms with Gasteiger partial charge in [-0.15, -0.1) is 10.2 Å². The molecule has 2 aromatic heterocycles. The molecule has 0 saturated heterocycles. The number of aryl methyl sites for hydroxylation is 1. The number of carbonyl (C=O) groups excluding carboxylic acids is 1. The first-order valence-electron chi connectivity index (χ1n) is 10.3. The molecule has 9 heteroatoms. The third kappa shape index (κ3) is 3.84. The molecular formula is C22H24N6O3. The van der Waals surface area contributed by atoms with Gasteiger partial charge >= 0.3 is 0 Å². The summed E-state index contributed by atoms with van der Waals surface area (Å²) in [5.74, 6) is 2.23. The molecule has 3 aromatic rings. The van der Waals surface area contributed by atoms with Crippen LogP contribution in [0.25, 0.3) is 0 Å². The first-order chi connectivity index (χ1) is 15.1. The number of hydrogen-bond acceptors (Lipinski definition) is 7. The third-order valence-electron chi connectivity index (χ3n) is 5.63. The van der Waals surface area contributed by atoms with E-state index in [4.69, 9.17) is 9.47 Å². The Bertz CT molecular complexity index is 1110. The molecule has 1 aromatic carbocycles. The minimum atomic E-state index is -0.204. The lowest BCUT2D eigenvalue weighted by Gasteiger charge is -2.28. The molecule has 0 saturated carbocycles. The van der Waals surface area contributed by atoms with Gasteiger partial charge in [0.2, 0.25) is 5.82 Å². The van der Waals surface area contributed by atoms with Crippen molar-refractivity contribution in [1.29, 1.82) is 0 Å². The number of hydrogen-bond donors (Lipinski definition) is 1. The highest BCUT2D eigenvalue weighted by Crippen LogP contribution is 2.34. The van der Waals surface area contributed by atoms with E-state index >= 15 is 0 Å².